The van der Waals surface area contributed by atoms with Gasteiger partial charge in [-0.1, -0.05) is 6.07 Å². The first kappa shape index (κ1) is 18.2. The summed E-state index contributed by atoms with van der Waals surface area (Å²) in [4.78, 5) is 18.5. The van der Waals surface area contributed by atoms with Gasteiger partial charge < -0.3 is 15.0 Å². The Morgan fingerprint density at radius 2 is 2.12 bits per heavy atom. The van der Waals surface area contributed by atoms with Crippen LogP contribution in [0, 0.1) is 0 Å². The normalized spacial score (nSPS) is 18.3. The molecular formula is C18H21N3O4S. The molecule has 1 saturated heterocycles. The number of pyridine rings is 1. The smallest absolute Gasteiger partial charge is 0.256 e. The second-order valence-electron chi connectivity index (χ2n) is 6.26. The number of anilines is 2. The number of rotatable bonds is 5. The number of nitrogens with one attached hydrogen (secondary N) is 1. The minimum absolute atomic E-state index is 0.0426. The first-order valence-electron chi connectivity index (χ1n) is 8.23. The number of hydrogen-bond donors (Lipinski definition) is 1. The van der Waals surface area contributed by atoms with Gasteiger partial charge in [0.2, 0.25) is 0 Å². The van der Waals surface area contributed by atoms with Crippen LogP contribution >= 0.6 is 0 Å². The van der Waals surface area contributed by atoms with E-state index in [0.717, 1.165) is 5.69 Å². The lowest BCUT2D eigenvalue weighted by Crippen LogP contribution is -2.32. The van der Waals surface area contributed by atoms with Gasteiger partial charge in [0.15, 0.2) is 9.84 Å². The highest BCUT2D eigenvalue weighted by Crippen LogP contribution is 2.23. The first-order valence-corrected chi connectivity index (χ1v) is 10.0. The SMILES string of the molecule is COc1cccc(C(=O)Nc2ccc(N(C)C3CCS(=O)(=O)C3)cn2)c1. The monoisotopic (exact) mass is 375 g/mol. The number of benzene rings is 1. The maximum Gasteiger partial charge on any atom is 0.256 e. The van der Waals surface area contributed by atoms with Crippen LogP contribution in [-0.4, -0.2) is 51.0 Å². The second kappa shape index (κ2) is 7.33. The van der Waals surface area contributed by atoms with Crippen molar-refractivity contribution in [1.82, 2.24) is 4.98 Å². The molecule has 0 radical (unpaired) electrons. The molecule has 7 nitrogen and oxygen atoms in total. The third-order valence-electron chi connectivity index (χ3n) is 4.48. The number of carbonyl (C=O) groups is 1. The molecule has 1 amide bonds. The van der Waals surface area contributed by atoms with Gasteiger partial charge in [-0.2, -0.15) is 0 Å². The zero-order chi connectivity index (χ0) is 18.7. The molecule has 0 saturated carbocycles. The van der Waals surface area contributed by atoms with Crippen LogP contribution in [0.4, 0.5) is 11.5 Å². The molecule has 1 atom stereocenters. The lowest BCUT2D eigenvalue weighted by molar-refractivity contribution is 0.102. The molecule has 8 heteroatoms. The van der Waals surface area contributed by atoms with Crippen molar-refractivity contribution < 1.29 is 17.9 Å². The number of sulfone groups is 1. The van der Waals surface area contributed by atoms with E-state index >= 15 is 0 Å². The molecule has 1 unspecified atom stereocenters. The lowest BCUT2D eigenvalue weighted by atomic mass is 10.2. The van der Waals surface area contributed by atoms with Crippen molar-refractivity contribution in [2.45, 2.75) is 12.5 Å². The van der Waals surface area contributed by atoms with Crippen LogP contribution in [0.1, 0.15) is 16.8 Å². The zero-order valence-electron chi connectivity index (χ0n) is 14.7. The Morgan fingerprint density at radius 3 is 2.73 bits per heavy atom. The average Bonchev–Trinajstić information content (AvgIpc) is 3.01. The fourth-order valence-electron chi connectivity index (χ4n) is 2.91. The van der Waals surface area contributed by atoms with E-state index in [-0.39, 0.29) is 23.5 Å². The van der Waals surface area contributed by atoms with Crippen molar-refractivity contribution in [3.8, 4) is 5.75 Å². The van der Waals surface area contributed by atoms with E-state index in [4.69, 9.17) is 4.74 Å². The van der Waals surface area contributed by atoms with Gasteiger partial charge >= 0.3 is 0 Å². The molecule has 2 aromatic rings. The highest BCUT2D eigenvalue weighted by molar-refractivity contribution is 7.91. The van der Waals surface area contributed by atoms with E-state index < -0.39 is 9.84 Å². The van der Waals surface area contributed by atoms with E-state index in [0.29, 0.717) is 23.6 Å². The summed E-state index contributed by atoms with van der Waals surface area (Å²) >= 11 is 0. The molecule has 1 N–H and O–H groups in total. The van der Waals surface area contributed by atoms with Gasteiger partial charge in [0, 0.05) is 18.7 Å². The van der Waals surface area contributed by atoms with E-state index in [9.17, 15) is 13.2 Å². The molecule has 1 aliphatic rings. The third-order valence-corrected chi connectivity index (χ3v) is 6.24. The Morgan fingerprint density at radius 1 is 1.31 bits per heavy atom. The highest BCUT2D eigenvalue weighted by atomic mass is 32.2. The van der Waals surface area contributed by atoms with E-state index in [1.54, 1.807) is 43.6 Å². The molecule has 1 fully saturated rings. The Balaban J connectivity index is 1.66. The van der Waals surface area contributed by atoms with Crippen molar-refractivity contribution in [3.63, 3.8) is 0 Å². The fraction of sp³-hybridized carbons (Fsp3) is 0.333. The number of methoxy groups -OCH3 is 1. The number of carbonyl (C=O) groups excluding carboxylic acids is 1. The van der Waals surface area contributed by atoms with Crippen molar-refractivity contribution in [2.24, 2.45) is 0 Å². The minimum atomic E-state index is -2.94. The van der Waals surface area contributed by atoms with Crippen LogP contribution in [0.25, 0.3) is 0 Å². The van der Waals surface area contributed by atoms with Crippen molar-refractivity contribution >= 4 is 27.2 Å². The Hall–Kier alpha value is -2.61. The van der Waals surface area contributed by atoms with Gasteiger partial charge in [-0.05, 0) is 36.8 Å². The van der Waals surface area contributed by atoms with Gasteiger partial charge in [-0.25, -0.2) is 13.4 Å². The summed E-state index contributed by atoms with van der Waals surface area (Å²) in [7, 11) is 0.465. The standard InChI is InChI=1S/C18H21N3O4S/c1-21(15-8-9-26(23,24)12-15)14-6-7-17(19-11-14)20-18(22)13-4-3-5-16(10-13)25-2/h3-7,10-11,15H,8-9,12H2,1-2H3,(H,19,20,22). The number of ether oxygens (including phenoxy) is 1. The van der Waals surface area contributed by atoms with Crippen LogP contribution in [0.3, 0.4) is 0 Å². The molecule has 1 aliphatic heterocycles. The Kier molecular flexibility index (Phi) is 5.13. The number of amides is 1. The molecule has 0 spiro atoms. The summed E-state index contributed by atoms with van der Waals surface area (Å²) in [6.45, 7) is 0. The van der Waals surface area contributed by atoms with E-state index in [2.05, 4.69) is 10.3 Å². The minimum Gasteiger partial charge on any atom is -0.497 e. The van der Waals surface area contributed by atoms with Crippen molar-refractivity contribution in [1.29, 1.82) is 0 Å². The Bertz CT molecular complexity index is 897. The van der Waals surface area contributed by atoms with Crippen LogP contribution in [0.2, 0.25) is 0 Å². The largest absolute Gasteiger partial charge is 0.497 e. The first-order chi connectivity index (χ1) is 12.4. The number of aromatic nitrogens is 1. The van der Waals surface area contributed by atoms with Crippen LogP contribution in [-0.2, 0) is 9.84 Å². The summed E-state index contributed by atoms with van der Waals surface area (Å²) in [6, 6.07) is 10.3. The predicted molar refractivity (Wildman–Crippen MR) is 101 cm³/mol. The lowest BCUT2D eigenvalue weighted by Gasteiger charge is -2.25. The maximum atomic E-state index is 12.3. The summed E-state index contributed by atoms with van der Waals surface area (Å²) in [5.41, 5.74) is 1.29. The molecule has 1 aromatic carbocycles. The molecule has 1 aromatic heterocycles. The summed E-state index contributed by atoms with van der Waals surface area (Å²) in [6.07, 6.45) is 2.25. The quantitative estimate of drug-likeness (QED) is 0.859. The fourth-order valence-corrected chi connectivity index (χ4v) is 4.69. The topological polar surface area (TPSA) is 88.6 Å². The third kappa shape index (κ3) is 4.13. The highest BCUT2D eigenvalue weighted by Gasteiger charge is 2.30. The molecule has 2 heterocycles. The van der Waals surface area contributed by atoms with Gasteiger partial charge in [0.05, 0.1) is 30.5 Å². The molecule has 3 rings (SSSR count). The number of hydrogen-bond acceptors (Lipinski definition) is 6. The summed E-state index contributed by atoms with van der Waals surface area (Å²) in [5, 5.41) is 2.74. The van der Waals surface area contributed by atoms with Gasteiger partial charge in [0.1, 0.15) is 11.6 Å². The van der Waals surface area contributed by atoms with Crippen LogP contribution in [0.5, 0.6) is 5.75 Å². The zero-order valence-corrected chi connectivity index (χ0v) is 15.5. The summed E-state index contributed by atoms with van der Waals surface area (Å²) in [5.74, 6) is 1.14. The molecule has 0 aliphatic carbocycles. The van der Waals surface area contributed by atoms with Gasteiger partial charge in [-0.3, -0.25) is 4.79 Å². The van der Waals surface area contributed by atoms with E-state index in [1.165, 1.54) is 0 Å². The average molecular weight is 375 g/mol. The van der Waals surface area contributed by atoms with Crippen LogP contribution in [0.15, 0.2) is 42.6 Å². The molecule has 26 heavy (non-hydrogen) atoms. The van der Waals surface area contributed by atoms with Crippen molar-refractivity contribution in [2.75, 3.05) is 35.9 Å². The van der Waals surface area contributed by atoms with Crippen LogP contribution < -0.4 is 15.0 Å². The second-order valence-corrected chi connectivity index (χ2v) is 8.48. The van der Waals surface area contributed by atoms with Gasteiger partial charge in [0.25, 0.3) is 5.91 Å². The van der Waals surface area contributed by atoms with Crippen molar-refractivity contribution in [3.05, 3.63) is 48.2 Å². The van der Waals surface area contributed by atoms with Gasteiger partial charge in [-0.15, -0.1) is 0 Å². The Labute approximate surface area is 152 Å². The predicted octanol–water partition coefficient (Wildman–Crippen LogP) is 1.97. The summed E-state index contributed by atoms with van der Waals surface area (Å²) < 4.78 is 28.4. The molecule has 0 bridgehead atoms. The maximum absolute atomic E-state index is 12.3. The molecular weight excluding hydrogens is 354 g/mol. The van der Waals surface area contributed by atoms with E-state index in [1.807, 2.05) is 18.0 Å². The number of nitrogens with zero attached hydrogens (tertiary/aromatic N) is 2. The molecule has 138 valence electrons.